The van der Waals surface area contributed by atoms with Crippen molar-refractivity contribution in [3.8, 4) is 0 Å². The predicted molar refractivity (Wildman–Crippen MR) is 99.8 cm³/mol. The molecule has 1 rings (SSSR count). The Hall–Kier alpha value is -2.33. The van der Waals surface area contributed by atoms with E-state index in [-0.39, 0.29) is 11.8 Å². The van der Waals surface area contributed by atoms with Gasteiger partial charge in [0.15, 0.2) is 0 Å². The van der Waals surface area contributed by atoms with Crippen molar-refractivity contribution in [1.29, 1.82) is 0 Å². The number of esters is 2. The van der Waals surface area contributed by atoms with Crippen LogP contribution < -0.4 is 10.8 Å². The van der Waals surface area contributed by atoms with Crippen LogP contribution in [0, 0.1) is 0 Å². The maximum absolute atomic E-state index is 12.5. The minimum atomic E-state index is -0.844. The van der Waals surface area contributed by atoms with Crippen LogP contribution in [0.3, 0.4) is 0 Å². The van der Waals surface area contributed by atoms with Crippen molar-refractivity contribution in [2.24, 2.45) is 0 Å². The minimum absolute atomic E-state index is 0.311. The van der Waals surface area contributed by atoms with Gasteiger partial charge in [0.25, 0.3) is 0 Å². The van der Waals surface area contributed by atoms with E-state index in [1.54, 1.807) is 27.8 Å². The number of methoxy groups -OCH3 is 2. The lowest BCUT2D eigenvalue weighted by Crippen LogP contribution is -2.57. The molecule has 1 fully saturated rings. The second-order valence-corrected chi connectivity index (χ2v) is 7.33. The molecule has 1 aliphatic heterocycles. The summed E-state index contributed by atoms with van der Waals surface area (Å²) in [6.07, 6.45) is 2.40. The van der Waals surface area contributed by atoms with Crippen molar-refractivity contribution < 1.29 is 33.4 Å². The third-order valence-corrected chi connectivity index (χ3v) is 3.99. The summed E-state index contributed by atoms with van der Waals surface area (Å²) in [5.74, 6) is -1.97. The first-order chi connectivity index (χ1) is 13.1. The number of rotatable bonds is 6. The van der Waals surface area contributed by atoms with Gasteiger partial charge in [-0.05, 0) is 40.2 Å². The molecular weight excluding hydrogens is 370 g/mol. The van der Waals surface area contributed by atoms with Gasteiger partial charge in [0.2, 0.25) is 5.76 Å². The van der Waals surface area contributed by atoms with E-state index in [0.29, 0.717) is 13.0 Å². The van der Waals surface area contributed by atoms with Crippen molar-refractivity contribution >= 4 is 18.0 Å². The first-order valence-corrected chi connectivity index (χ1v) is 9.08. The molecule has 1 heterocycles. The second kappa shape index (κ2) is 10.9. The zero-order chi connectivity index (χ0) is 21.3. The quantitative estimate of drug-likeness (QED) is 0.222. The lowest BCUT2D eigenvalue weighted by Gasteiger charge is -2.34. The molecule has 0 aromatic rings. The number of nitrogens with one attached hydrogen (secondary N) is 2. The van der Waals surface area contributed by atoms with Crippen LogP contribution in [-0.2, 0) is 28.6 Å². The number of amides is 1. The van der Waals surface area contributed by atoms with Crippen LogP contribution in [0.1, 0.15) is 40.0 Å². The fourth-order valence-electron chi connectivity index (χ4n) is 2.57. The van der Waals surface area contributed by atoms with Crippen molar-refractivity contribution in [1.82, 2.24) is 15.7 Å². The Bertz CT molecular complexity index is 586. The van der Waals surface area contributed by atoms with Gasteiger partial charge < -0.3 is 23.9 Å². The molecule has 1 saturated heterocycles. The molecule has 0 bridgehead atoms. The Kier molecular flexibility index (Phi) is 9.20. The van der Waals surface area contributed by atoms with E-state index in [0.717, 1.165) is 18.9 Å². The molecule has 28 heavy (non-hydrogen) atoms. The third kappa shape index (κ3) is 7.73. The molecular formula is C18H31N3O7. The first kappa shape index (κ1) is 23.7. The number of carbonyl (C=O) groups is 3. The highest BCUT2D eigenvalue weighted by Crippen LogP contribution is 2.18. The van der Waals surface area contributed by atoms with Gasteiger partial charge in [-0.15, -0.1) is 5.48 Å². The van der Waals surface area contributed by atoms with Crippen LogP contribution in [0.15, 0.2) is 11.8 Å². The lowest BCUT2D eigenvalue weighted by atomic mass is 10.1. The highest BCUT2D eigenvalue weighted by Gasteiger charge is 2.33. The molecule has 10 nitrogen and oxygen atoms in total. The number of likely N-dealkylation sites (N-methyl/N-ethyl adjacent to an activating group) is 1. The molecule has 2 N–H and O–H groups in total. The maximum Gasteiger partial charge on any atom is 0.410 e. The van der Waals surface area contributed by atoms with Crippen LogP contribution in [0.25, 0.3) is 0 Å². The van der Waals surface area contributed by atoms with E-state index in [9.17, 15) is 14.4 Å². The average Bonchev–Trinajstić information content (AvgIpc) is 2.87. The molecule has 160 valence electrons. The van der Waals surface area contributed by atoms with Crippen LogP contribution in [0.5, 0.6) is 0 Å². The number of hydrogen-bond acceptors (Lipinski definition) is 9. The van der Waals surface area contributed by atoms with E-state index in [1.807, 2.05) is 0 Å². The van der Waals surface area contributed by atoms with Crippen LogP contribution in [0.4, 0.5) is 4.79 Å². The summed E-state index contributed by atoms with van der Waals surface area (Å²) in [7, 11) is 3.99. The largest absolute Gasteiger partial charge is 0.466 e. The van der Waals surface area contributed by atoms with Gasteiger partial charge in [-0.25, -0.2) is 14.4 Å². The van der Waals surface area contributed by atoms with Crippen molar-refractivity contribution in [2.45, 2.75) is 57.8 Å². The molecule has 2 atom stereocenters. The van der Waals surface area contributed by atoms with Gasteiger partial charge in [0.1, 0.15) is 11.8 Å². The van der Waals surface area contributed by atoms with Gasteiger partial charge in [-0.1, -0.05) is 6.42 Å². The van der Waals surface area contributed by atoms with Gasteiger partial charge >= 0.3 is 18.0 Å². The zero-order valence-corrected chi connectivity index (χ0v) is 17.4. The maximum atomic E-state index is 12.5. The monoisotopic (exact) mass is 401 g/mol. The van der Waals surface area contributed by atoms with Gasteiger partial charge in [0, 0.05) is 7.05 Å². The van der Waals surface area contributed by atoms with Crippen molar-refractivity contribution in [3.63, 3.8) is 0 Å². The van der Waals surface area contributed by atoms with E-state index in [4.69, 9.17) is 9.57 Å². The number of carbonyl (C=O) groups excluding carboxylic acids is 3. The van der Waals surface area contributed by atoms with E-state index < -0.39 is 29.8 Å². The topological polar surface area (TPSA) is 115 Å². The second-order valence-electron chi connectivity index (χ2n) is 7.33. The molecule has 1 amide bonds. The molecule has 0 aromatic carbocycles. The van der Waals surface area contributed by atoms with E-state index in [2.05, 4.69) is 20.3 Å². The molecule has 0 aromatic heterocycles. The van der Waals surface area contributed by atoms with Crippen LogP contribution >= 0.6 is 0 Å². The molecule has 1 aliphatic rings. The Morgan fingerprint density at radius 1 is 1.14 bits per heavy atom. The van der Waals surface area contributed by atoms with Gasteiger partial charge in [-0.3, -0.25) is 5.32 Å². The number of hydroxylamine groups is 1. The molecule has 0 saturated carbocycles. The average molecular weight is 401 g/mol. The van der Waals surface area contributed by atoms with Crippen molar-refractivity contribution in [2.75, 3.05) is 27.8 Å². The normalized spacial score (nSPS) is 20.6. The summed E-state index contributed by atoms with van der Waals surface area (Å²) in [5.41, 5.74) is 2.10. The highest BCUT2D eigenvalue weighted by molar-refractivity contribution is 5.94. The molecule has 0 aliphatic carbocycles. The van der Waals surface area contributed by atoms with Gasteiger partial charge in [0.05, 0.1) is 26.3 Å². The Balaban J connectivity index is 2.90. The number of hydrogen-bond donors (Lipinski definition) is 2. The zero-order valence-electron chi connectivity index (χ0n) is 17.4. The van der Waals surface area contributed by atoms with E-state index >= 15 is 0 Å². The number of ether oxygens (including phenoxy) is 3. The standard InChI is InChI=1S/C18H31N3O7/c1-18(2,3)27-17(24)21(4)12-9-7-8-10-19-15(12)20-28-13(16(23)26-6)11-14(22)25-5/h11-12,15,19-20H,7-10H2,1-6H3/b13-11+. The summed E-state index contributed by atoms with van der Waals surface area (Å²) in [5, 5.41) is 3.23. The Morgan fingerprint density at radius 2 is 1.82 bits per heavy atom. The molecule has 0 spiro atoms. The Morgan fingerprint density at radius 3 is 2.39 bits per heavy atom. The van der Waals surface area contributed by atoms with Crippen molar-refractivity contribution in [3.05, 3.63) is 11.8 Å². The van der Waals surface area contributed by atoms with Crippen LogP contribution in [-0.4, -0.2) is 68.6 Å². The Labute approximate surface area is 165 Å². The molecule has 10 heteroatoms. The summed E-state index contributed by atoms with van der Waals surface area (Å²) in [4.78, 5) is 42.5. The fraction of sp³-hybridized carbons (Fsp3) is 0.722. The van der Waals surface area contributed by atoms with Gasteiger partial charge in [-0.2, -0.15) is 0 Å². The summed E-state index contributed by atoms with van der Waals surface area (Å²) < 4.78 is 14.5. The lowest BCUT2D eigenvalue weighted by molar-refractivity contribution is -0.144. The summed E-state index contributed by atoms with van der Waals surface area (Å²) in [6, 6.07) is -0.311. The predicted octanol–water partition coefficient (Wildman–Crippen LogP) is 1.07. The summed E-state index contributed by atoms with van der Waals surface area (Å²) >= 11 is 0. The fourth-order valence-corrected chi connectivity index (χ4v) is 2.57. The highest BCUT2D eigenvalue weighted by atomic mass is 16.7. The molecule has 0 radical (unpaired) electrons. The first-order valence-electron chi connectivity index (χ1n) is 9.08. The smallest absolute Gasteiger partial charge is 0.410 e. The SMILES string of the molecule is COC(=O)/C=C(/ONC1NCCCCC1N(C)C(=O)OC(C)(C)C)C(=O)OC. The minimum Gasteiger partial charge on any atom is -0.466 e. The molecule has 2 unspecified atom stereocenters. The number of nitrogens with zero attached hydrogens (tertiary/aromatic N) is 1. The van der Waals surface area contributed by atoms with E-state index in [1.165, 1.54) is 19.1 Å². The van der Waals surface area contributed by atoms with Crippen LogP contribution in [0.2, 0.25) is 0 Å². The summed E-state index contributed by atoms with van der Waals surface area (Å²) in [6.45, 7) is 6.07. The third-order valence-electron chi connectivity index (χ3n) is 3.99.